The van der Waals surface area contributed by atoms with E-state index >= 15 is 0 Å². The van der Waals surface area contributed by atoms with Crippen molar-refractivity contribution in [3.05, 3.63) is 41.4 Å². The van der Waals surface area contributed by atoms with Gasteiger partial charge in [0.1, 0.15) is 0 Å². The molecule has 0 saturated heterocycles. The van der Waals surface area contributed by atoms with E-state index < -0.39 is 0 Å². The molecule has 4 heteroatoms. The molecule has 0 atom stereocenters. The molecule has 0 bridgehead atoms. The Hall–Kier alpha value is -1.68. The molecule has 0 aliphatic heterocycles. The summed E-state index contributed by atoms with van der Waals surface area (Å²) in [6.45, 7) is 2.07. The fourth-order valence-corrected chi connectivity index (χ4v) is 2.06. The Morgan fingerprint density at radius 2 is 2.38 bits per heavy atom. The van der Waals surface area contributed by atoms with E-state index in [1.165, 1.54) is 6.92 Å². The summed E-state index contributed by atoms with van der Waals surface area (Å²) in [4.78, 5) is 16.3. The van der Waals surface area contributed by atoms with Gasteiger partial charge in [0, 0.05) is 19.7 Å². The number of hydrogen-bond acceptors (Lipinski definition) is 3. The first-order valence-corrected chi connectivity index (χ1v) is 5.87. The predicted molar refractivity (Wildman–Crippen MR) is 65.1 cm³/mol. The van der Waals surface area contributed by atoms with Crippen LogP contribution in [0.5, 0.6) is 0 Å². The molecule has 0 spiro atoms. The Bertz CT molecular complexity index is 480. The lowest BCUT2D eigenvalue weighted by molar-refractivity contribution is -0.119. The standard InChI is InChI=1S/C12H12N2OS/c1-9(15)14-8-10-4-5-13-11(7-10)12-3-2-6-16-12/h2-7H,8H2,1H3,(H,14,15). The number of pyridine rings is 1. The normalized spacial score (nSPS) is 10.1. The van der Waals surface area contributed by atoms with Crippen LogP contribution in [-0.4, -0.2) is 10.9 Å². The number of carbonyl (C=O) groups excluding carboxylic acids is 1. The molecule has 0 aromatic carbocycles. The van der Waals surface area contributed by atoms with E-state index in [9.17, 15) is 4.79 Å². The van der Waals surface area contributed by atoms with Crippen molar-refractivity contribution in [2.24, 2.45) is 0 Å². The molecule has 0 aliphatic rings. The Morgan fingerprint density at radius 1 is 1.50 bits per heavy atom. The Balaban J connectivity index is 2.17. The maximum absolute atomic E-state index is 10.8. The lowest BCUT2D eigenvalue weighted by atomic mass is 10.2. The van der Waals surface area contributed by atoms with Crippen molar-refractivity contribution in [2.45, 2.75) is 13.5 Å². The van der Waals surface area contributed by atoms with Gasteiger partial charge in [0.15, 0.2) is 0 Å². The zero-order valence-electron chi connectivity index (χ0n) is 8.93. The van der Waals surface area contributed by atoms with E-state index in [2.05, 4.69) is 10.3 Å². The number of thiophene rings is 1. The largest absolute Gasteiger partial charge is 0.352 e. The fraction of sp³-hybridized carbons (Fsp3) is 0.167. The summed E-state index contributed by atoms with van der Waals surface area (Å²) in [7, 11) is 0. The van der Waals surface area contributed by atoms with Gasteiger partial charge >= 0.3 is 0 Å². The maximum atomic E-state index is 10.8. The Labute approximate surface area is 98.2 Å². The predicted octanol–water partition coefficient (Wildman–Crippen LogP) is 2.45. The number of rotatable bonds is 3. The third-order valence-electron chi connectivity index (χ3n) is 2.14. The number of nitrogens with zero attached hydrogens (tertiary/aromatic N) is 1. The molecule has 0 aliphatic carbocycles. The molecule has 16 heavy (non-hydrogen) atoms. The van der Waals surface area contributed by atoms with Crippen molar-refractivity contribution in [1.29, 1.82) is 0 Å². The molecular weight excluding hydrogens is 220 g/mol. The van der Waals surface area contributed by atoms with E-state index in [4.69, 9.17) is 0 Å². The van der Waals surface area contributed by atoms with Gasteiger partial charge in [-0.25, -0.2) is 0 Å². The number of hydrogen-bond donors (Lipinski definition) is 1. The van der Waals surface area contributed by atoms with Gasteiger partial charge in [-0.05, 0) is 29.1 Å². The average molecular weight is 232 g/mol. The first-order chi connectivity index (χ1) is 7.75. The summed E-state index contributed by atoms with van der Waals surface area (Å²) in [6.07, 6.45) is 1.77. The first-order valence-electron chi connectivity index (χ1n) is 4.99. The third kappa shape index (κ3) is 2.67. The van der Waals surface area contributed by atoms with Crippen LogP contribution in [0.2, 0.25) is 0 Å². The SMILES string of the molecule is CC(=O)NCc1ccnc(-c2cccs2)c1. The molecule has 2 rings (SSSR count). The number of aromatic nitrogens is 1. The second-order valence-corrected chi connectivity index (χ2v) is 4.38. The average Bonchev–Trinajstić information content (AvgIpc) is 2.80. The molecule has 1 amide bonds. The van der Waals surface area contributed by atoms with Crippen LogP contribution in [0.15, 0.2) is 35.8 Å². The van der Waals surface area contributed by atoms with Gasteiger partial charge < -0.3 is 5.32 Å². The van der Waals surface area contributed by atoms with Crippen molar-refractivity contribution < 1.29 is 4.79 Å². The lowest BCUT2D eigenvalue weighted by Gasteiger charge is -2.03. The highest BCUT2D eigenvalue weighted by Gasteiger charge is 2.01. The molecule has 2 aromatic heterocycles. The highest BCUT2D eigenvalue weighted by atomic mass is 32.1. The van der Waals surface area contributed by atoms with Gasteiger partial charge in [-0.2, -0.15) is 0 Å². The monoisotopic (exact) mass is 232 g/mol. The minimum atomic E-state index is -0.0190. The summed E-state index contributed by atoms with van der Waals surface area (Å²) in [5.41, 5.74) is 2.02. The number of carbonyl (C=O) groups is 1. The Kier molecular flexibility index (Phi) is 3.31. The summed E-state index contributed by atoms with van der Waals surface area (Å²) in [6, 6.07) is 7.95. The van der Waals surface area contributed by atoms with Gasteiger partial charge in [-0.1, -0.05) is 6.07 Å². The van der Waals surface area contributed by atoms with E-state index in [0.29, 0.717) is 6.54 Å². The molecule has 3 nitrogen and oxygen atoms in total. The van der Waals surface area contributed by atoms with Gasteiger partial charge in [0.25, 0.3) is 0 Å². The topological polar surface area (TPSA) is 42.0 Å². The molecule has 0 saturated carbocycles. The summed E-state index contributed by atoms with van der Waals surface area (Å²) < 4.78 is 0. The third-order valence-corrected chi connectivity index (χ3v) is 3.03. The minimum Gasteiger partial charge on any atom is -0.352 e. The van der Waals surface area contributed by atoms with Crippen LogP contribution in [0, 0.1) is 0 Å². The quantitative estimate of drug-likeness (QED) is 0.883. The van der Waals surface area contributed by atoms with Crippen molar-refractivity contribution in [1.82, 2.24) is 10.3 Å². The molecule has 1 N–H and O–H groups in total. The minimum absolute atomic E-state index is 0.0190. The van der Waals surface area contributed by atoms with Gasteiger partial charge in [0.2, 0.25) is 5.91 Å². The zero-order chi connectivity index (χ0) is 11.4. The van der Waals surface area contributed by atoms with Crippen molar-refractivity contribution in [2.75, 3.05) is 0 Å². The van der Waals surface area contributed by atoms with Crippen LogP contribution < -0.4 is 5.32 Å². The molecule has 2 heterocycles. The van der Waals surface area contributed by atoms with E-state index in [1.54, 1.807) is 17.5 Å². The van der Waals surface area contributed by atoms with E-state index in [0.717, 1.165) is 16.1 Å². The van der Waals surface area contributed by atoms with E-state index in [1.807, 2.05) is 29.6 Å². The second-order valence-electron chi connectivity index (χ2n) is 3.44. The zero-order valence-corrected chi connectivity index (χ0v) is 9.75. The second kappa shape index (κ2) is 4.90. The Morgan fingerprint density at radius 3 is 3.06 bits per heavy atom. The molecule has 0 unspecified atom stereocenters. The molecule has 2 aromatic rings. The number of nitrogens with one attached hydrogen (secondary N) is 1. The highest BCUT2D eigenvalue weighted by molar-refractivity contribution is 7.13. The smallest absolute Gasteiger partial charge is 0.217 e. The van der Waals surface area contributed by atoms with E-state index in [-0.39, 0.29) is 5.91 Å². The number of amides is 1. The fourth-order valence-electron chi connectivity index (χ4n) is 1.37. The summed E-state index contributed by atoms with van der Waals surface area (Å²) >= 11 is 1.66. The van der Waals surface area contributed by atoms with Gasteiger partial charge in [0.05, 0.1) is 10.6 Å². The summed E-state index contributed by atoms with van der Waals surface area (Å²) in [5, 5.41) is 4.80. The van der Waals surface area contributed by atoms with Crippen LogP contribution in [0.4, 0.5) is 0 Å². The van der Waals surface area contributed by atoms with Crippen molar-refractivity contribution >= 4 is 17.2 Å². The van der Waals surface area contributed by atoms with Crippen LogP contribution >= 0.6 is 11.3 Å². The van der Waals surface area contributed by atoms with Gasteiger partial charge in [-0.3, -0.25) is 9.78 Å². The van der Waals surface area contributed by atoms with Crippen LogP contribution in [0.25, 0.3) is 10.6 Å². The highest BCUT2D eigenvalue weighted by Crippen LogP contribution is 2.22. The van der Waals surface area contributed by atoms with Crippen molar-refractivity contribution in [3.63, 3.8) is 0 Å². The molecule has 0 fully saturated rings. The summed E-state index contributed by atoms with van der Waals surface area (Å²) in [5.74, 6) is -0.0190. The lowest BCUT2D eigenvalue weighted by Crippen LogP contribution is -2.18. The molecule has 82 valence electrons. The molecular formula is C12H12N2OS. The first kappa shape index (κ1) is 10.8. The maximum Gasteiger partial charge on any atom is 0.217 e. The van der Waals surface area contributed by atoms with Crippen molar-refractivity contribution in [3.8, 4) is 10.6 Å². The van der Waals surface area contributed by atoms with Crippen LogP contribution in [0.3, 0.4) is 0 Å². The van der Waals surface area contributed by atoms with Crippen LogP contribution in [0.1, 0.15) is 12.5 Å². The van der Waals surface area contributed by atoms with Crippen LogP contribution in [-0.2, 0) is 11.3 Å². The molecule has 0 radical (unpaired) electrons. The van der Waals surface area contributed by atoms with Gasteiger partial charge in [-0.15, -0.1) is 11.3 Å².